The van der Waals surface area contributed by atoms with E-state index in [1.165, 1.54) is 98.0 Å². The summed E-state index contributed by atoms with van der Waals surface area (Å²) >= 11 is 0. The van der Waals surface area contributed by atoms with Crippen LogP contribution >= 0.6 is 0 Å². The molecule has 9 aromatic carbocycles. The van der Waals surface area contributed by atoms with Crippen LogP contribution in [0, 0.1) is 0 Å². The van der Waals surface area contributed by atoms with Crippen molar-refractivity contribution in [1.29, 1.82) is 0 Å². The lowest BCUT2D eigenvalue weighted by atomic mass is 9.82. The summed E-state index contributed by atoms with van der Waals surface area (Å²) in [5.41, 5.74) is 12.6. The molecule has 2 nitrogen and oxygen atoms in total. The van der Waals surface area contributed by atoms with Gasteiger partial charge in [0, 0.05) is 38.3 Å². The average molecular weight is 783 g/mol. The maximum absolute atomic E-state index is 3.06. The van der Waals surface area contributed by atoms with Crippen molar-refractivity contribution in [3.05, 3.63) is 230 Å². The van der Waals surface area contributed by atoms with Crippen LogP contribution in [-0.4, -0.2) is 17.2 Å². The summed E-state index contributed by atoms with van der Waals surface area (Å²) in [4.78, 5) is 0. The highest BCUT2D eigenvalue weighted by Crippen LogP contribution is 2.51. The van der Waals surface area contributed by atoms with Gasteiger partial charge in [0.2, 0.25) is 0 Å². The SMILES string of the molecule is CC1(C)c2ccccc2-c2cc3c4ccccc4n(-c4cccc([Si](c5ccccc5)(c5ccccc5)c5cccc6c5c5ccccc5n6-c5ccccc5)c4)c3cc21. The van der Waals surface area contributed by atoms with Crippen LogP contribution in [0.2, 0.25) is 0 Å². The number of hydrogen-bond donors (Lipinski definition) is 0. The normalized spacial score (nSPS) is 13.3. The summed E-state index contributed by atoms with van der Waals surface area (Å²) in [5, 5.41) is 10.6. The summed E-state index contributed by atoms with van der Waals surface area (Å²) in [6.07, 6.45) is 0. The van der Waals surface area contributed by atoms with Gasteiger partial charge >= 0.3 is 0 Å². The zero-order chi connectivity index (χ0) is 40.0. The van der Waals surface area contributed by atoms with Crippen LogP contribution in [0.15, 0.2) is 218 Å². The molecule has 0 saturated heterocycles. The molecule has 2 aromatic heterocycles. The van der Waals surface area contributed by atoms with Gasteiger partial charge in [0.05, 0.1) is 22.1 Å². The Morgan fingerprint density at radius 1 is 0.350 bits per heavy atom. The van der Waals surface area contributed by atoms with E-state index in [4.69, 9.17) is 0 Å². The van der Waals surface area contributed by atoms with Crippen LogP contribution in [0.5, 0.6) is 0 Å². The summed E-state index contributed by atoms with van der Waals surface area (Å²) in [7, 11) is -3.06. The number of rotatable bonds is 6. The van der Waals surface area contributed by atoms with Crippen molar-refractivity contribution >= 4 is 72.4 Å². The van der Waals surface area contributed by atoms with Crippen molar-refractivity contribution in [2.45, 2.75) is 19.3 Å². The lowest BCUT2D eigenvalue weighted by Crippen LogP contribution is -2.74. The van der Waals surface area contributed by atoms with E-state index in [1.54, 1.807) is 0 Å². The van der Waals surface area contributed by atoms with Crippen LogP contribution in [0.4, 0.5) is 0 Å². The maximum Gasteiger partial charge on any atom is 0.180 e. The molecule has 1 aliphatic rings. The molecule has 0 spiro atoms. The predicted molar refractivity (Wildman–Crippen MR) is 256 cm³/mol. The largest absolute Gasteiger partial charge is 0.309 e. The first-order valence-corrected chi connectivity index (χ1v) is 23.0. The van der Waals surface area contributed by atoms with Crippen LogP contribution in [-0.2, 0) is 5.41 Å². The summed E-state index contributed by atoms with van der Waals surface area (Å²) < 4.78 is 4.99. The Morgan fingerprint density at radius 3 is 1.62 bits per heavy atom. The topological polar surface area (TPSA) is 9.86 Å². The van der Waals surface area contributed by atoms with Gasteiger partial charge in [-0.25, -0.2) is 0 Å². The predicted octanol–water partition coefficient (Wildman–Crippen LogP) is 11.6. The van der Waals surface area contributed by atoms with E-state index in [2.05, 4.69) is 241 Å². The van der Waals surface area contributed by atoms with Gasteiger partial charge in [-0.1, -0.05) is 178 Å². The van der Waals surface area contributed by atoms with Crippen molar-refractivity contribution < 1.29 is 0 Å². The molecule has 0 bridgehead atoms. The van der Waals surface area contributed by atoms with Gasteiger partial charge < -0.3 is 9.13 Å². The van der Waals surface area contributed by atoms with Gasteiger partial charge in [0.15, 0.2) is 8.07 Å². The molecule has 0 radical (unpaired) electrons. The van der Waals surface area contributed by atoms with E-state index in [9.17, 15) is 0 Å². The Bertz CT molecular complexity index is 3410. The summed E-state index contributed by atoms with van der Waals surface area (Å²) in [6.45, 7) is 4.76. The number of nitrogens with zero attached hydrogens (tertiary/aromatic N) is 2. The molecule has 2 heterocycles. The molecule has 0 amide bonds. The monoisotopic (exact) mass is 782 g/mol. The van der Waals surface area contributed by atoms with Gasteiger partial charge in [-0.3, -0.25) is 0 Å². The zero-order valence-corrected chi connectivity index (χ0v) is 34.7. The molecule has 12 rings (SSSR count). The molecule has 60 heavy (non-hydrogen) atoms. The van der Waals surface area contributed by atoms with Gasteiger partial charge in [-0.05, 0) is 97.6 Å². The highest BCUT2D eigenvalue weighted by Gasteiger charge is 2.44. The lowest BCUT2D eigenvalue weighted by Gasteiger charge is -2.35. The molecule has 1 aliphatic carbocycles. The van der Waals surface area contributed by atoms with Crippen molar-refractivity contribution in [3.63, 3.8) is 0 Å². The number of para-hydroxylation sites is 3. The zero-order valence-electron chi connectivity index (χ0n) is 33.7. The van der Waals surface area contributed by atoms with Gasteiger partial charge in [-0.2, -0.15) is 0 Å². The Kier molecular flexibility index (Phi) is 7.63. The highest BCUT2D eigenvalue weighted by atomic mass is 28.3. The van der Waals surface area contributed by atoms with Crippen molar-refractivity contribution in [3.8, 4) is 22.5 Å². The molecule has 0 N–H and O–H groups in total. The highest BCUT2D eigenvalue weighted by molar-refractivity contribution is 7.20. The molecule has 284 valence electrons. The second-order valence-electron chi connectivity index (χ2n) is 16.9. The molecule has 0 fully saturated rings. The molecule has 0 unspecified atom stereocenters. The molecule has 0 saturated carbocycles. The first-order chi connectivity index (χ1) is 29.5. The molecular weight excluding hydrogens is 741 g/mol. The van der Waals surface area contributed by atoms with Crippen molar-refractivity contribution in [2.24, 2.45) is 0 Å². The van der Waals surface area contributed by atoms with Crippen molar-refractivity contribution in [1.82, 2.24) is 9.13 Å². The van der Waals surface area contributed by atoms with Gasteiger partial charge in [0.1, 0.15) is 0 Å². The molecule has 11 aromatic rings. The molecule has 3 heteroatoms. The van der Waals surface area contributed by atoms with E-state index >= 15 is 0 Å². The summed E-state index contributed by atoms with van der Waals surface area (Å²) in [6, 6.07) is 82.0. The smallest absolute Gasteiger partial charge is 0.180 e. The number of aromatic nitrogens is 2. The number of hydrogen-bond acceptors (Lipinski definition) is 0. The van der Waals surface area contributed by atoms with E-state index in [1.807, 2.05) is 0 Å². The van der Waals surface area contributed by atoms with Gasteiger partial charge in [-0.15, -0.1) is 0 Å². The third kappa shape index (κ3) is 4.81. The Balaban J connectivity index is 1.19. The molecule has 0 atom stereocenters. The second-order valence-corrected chi connectivity index (χ2v) is 20.6. The third-order valence-corrected chi connectivity index (χ3v) is 18.2. The Hall–Kier alpha value is -7.20. The molecular formula is C57H42N2Si. The van der Waals surface area contributed by atoms with E-state index in [0.29, 0.717) is 0 Å². The minimum absolute atomic E-state index is 0.108. The minimum atomic E-state index is -3.06. The van der Waals surface area contributed by atoms with Crippen LogP contribution in [0.1, 0.15) is 25.0 Å². The maximum atomic E-state index is 2.53. The van der Waals surface area contributed by atoms with Crippen LogP contribution < -0.4 is 20.7 Å². The van der Waals surface area contributed by atoms with E-state index in [0.717, 1.165) is 0 Å². The fourth-order valence-corrected chi connectivity index (χ4v) is 15.9. The standard InChI is InChI=1S/C57H42N2Si/c1-57(2)49-31-15-12-28-44(49)47-37-48-45-29-13-16-32-51(45)59(54(48)38-50(47)57)40-22-18-27-43(36-40)60(41-23-8-4-9-24-41,42-25-10-5-11-26-42)55-35-19-34-53-56(55)46-30-14-17-33-52(46)58(53)39-20-6-3-7-21-39/h3-38H,1-2H3. The van der Waals surface area contributed by atoms with E-state index < -0.39 is 8.07 Å². The average Bonchev–Trinajstić information content (AvgIpc) is 3.90. The van der Waals surface area contributed by atoms with Crippen molar-refractivity contribution in [2.75, 3.05) is 0 Å². The second kappa shape index (κ2) is 13.2. The van der Waals surface area contributed by atoms with Crippen LogP contribution in [0.3, 0.4) is 0 Å². The first-order valence-electron chi connectivity index (χ1n) is 21.0. The Morgan fingerprint density at radius 2 is 0.883 bits per heavy atom. The van der Waals surface area contributed by atoms with Crippen LogP contribution in [0.25, 0.3) is 66.1 Å². The summed E-state index contributed by atoms with van der Waals surface area (Å²) in [5.74, 6) is 0. The van der Waals surface area contributed by atoms with Gasteiger partial charge in [0.25, 0.3) is 0 Å². The molecule has 0 aliphatic heterocycles. The lowest BCUT2D eigenvalue weighted by molar-refractivity contribution is 0.661. The minimum Gasteiger partial charge on any atom is -0.309 e. The first kappa shape index (κ1) is 34.8. The number of benzene rings is 9. The van der Waals surface area contributed by atoms with E-state index in [-0.39, 0.29) is 5.41 Å². The number of fused-ring (bicyclic) bond motifs is 9. The Labute approximate surface area is 351 Å². The quantitative estimate of drug-likeness (QED) is 0.117. The fourth-order valence-electron chi connectivity index (χ4n) is 10.8. The fraction of sp³-hybridized carbons (Fsp3) is 0.0526. The third-order valence-electron chi connectivity index (χ3n) is 13.4.